The summed E-state index contributed by atoms with van der Waals surface area (Å²) in [4.78, 5) is 19.7. The zero-order chi connectivity index (χ0) is 19.0. The predicted molar refractivity (Wildman–Crippen MR) is 108 cm³/mol. The van der Waals surface area contributed by atoms with Gasteiger partial charge < -0.3 is 15.0 Å². The number of amides is 1. The van der Waals surface area contributed by atoms with Gasteiger partial charge in [0.25, 0.3) is 0 Å². The third kappa shape index (κ3) is 3.70. The van der Waals surface area contributed by atoms with E-state index in [1.165, 1.54) is 25.7 Å². The van der Waals surface area contributed by atoms with Gasteiger partial charge in [-0.25, -0.2) is 0 Å². The first-order valence-corrected chi connectivity index (χ1v) is 10.5. The Morgan fingerprint density at radius 2 is 1.89 bits per heavy atom. The van der Waals surface area contributed by atoms with Crippen molar-refractivity contribution in [2.45, 2.75) is 45.2 Å². The summed E-state index contributed by atoms with van der Waals surface area (Å²) < 4.78 is 0. The molecule has 0 spiro atoms. The number of nitrogens with one attached hydrogen (secondary N) is 1. The summed E-state index contributed by atoms with van der Waals surface area (Å²) in [7, 11) is 0. The lowest BCUT2D eigenvalue weighted by molar-refractivity contribution is -0.135. The van der Waals surface area contributed by atoms with Crippen molar-refractivity contribution in [2.24, 2.45) is 0 Å². The van der Waals surface area contributed by atoms with Gasteiger partial charge in [0.15, 0.2) is 0 Å². The van der Waals surface area contributed by atoms with E-state index in [4.69, 9.17) is 23.2 Å². The summed E-state index contributed by atoms with van der Waals surface area (Å²) in [5.74, 6) is -0.232. The first-order valence-electron chi connectivity index (χ1n) is 9.69. The van der Waals surface area contributed by atoms with Crippen molar-refractivity contribution in [2.75, 3.05) is 26.2 Å². The number of benzene rings is 1. The van der Waals surface area contributed by atoms with Crippen molar-refractivity contribution >= 4 is 40.0 Å². The third-order valence-corrected chi connectivity index (χ3v) is 6.59. The van der Waals surface area contributed by atoms with Gasteiger partial charge in [0, 0.05) is 42.7 Å². The minimum Gasteiger partial charge on any atom is -0.387 e. The third-order valence-electron chi connectivity index (χ3n) is 5.80. The van der Waals surface area contributed by atoms with Gasteiger partial charge in [-0.1, -0.05) is 36.0 Å². The van der Waals surface area contributed by atoms with Crippen molar-refractivity contribution < 1.29 is 9.90 Å². The maximum Gasteiger partial charge on any atom is 0.248 e. The summed E-state index contributed by atoms with van der Waals surface area (Å²) in [5.41, 5.74) is 4.27. The molecule has 1 amide bonds. The Morgan fingerprint density at radius 1 is 1.15 bits per heavy atom. The molecule has 146 valence electrons. The van der Waals surface area contributed by atoms with Crippen LogP contribution in [0.3, 0.4) is 0 Å². The van der Waals surface area contributed by atoms with Crippen LogP contribution in [0.25, 0.3) is 10.9 Å². The first kappa shape index (κ1) is 19.1. The molecule has 0 saturated carbocycles. The second-order valence-electron chi connectivity index (χ2n) is 7.58. The van der Waals surface area contributed by atoms with Crippen LogP contribution in [-0.2, 0) is 24.3 Å². The van der Waals surface area contributed by atoms with Crippen LogP contribution in [0.5, 0.6) is 0 Å². The average molecular weight is 410 g/mol. The smallest absolute Gasteiger partial charge is 0.248 e. The largest absolute Gasteiger partial charge is 0.387 e. The number of aliphatic hydroxyl groups excluding tert-OH is 1. The van der Waals surface area contributed by atoms with Crippen molar-refractivity contribution in [1.82, 2.24) is 14.8 Å². The Kier molecular flexibility index (Phi) is 5.65. The first-order chi connectivity index (χ1) is 13.1. The lowest BCUT2D eigenvalue weighted by Crippen LogP contribution is -2.37. The van der Waals surface area contributed by atoms with Gasteiger partial charge in [-0.2, -0.15) is 0 Å². The molecule has 0 aliphatic carbocycles. The summed E-state index contributed by atoms with van der Waals surface area (Å²) in [6, 6.07) is 1.98. The standard InChI is InChI=1S/C20H25Cl2N3O2/c21-15-9-13(10-24-6-3-1-2-4-7-24)18-14-11-25(17(27)12-26)8-5-16(14)23-20(18)19(15)22/h9,23,26H,1-8,10-12H2. The highest BCUT2D eigenvalue weighted by molar-refractivity contribution is 6.45. The number of fused-ring (bicyclic) bond motifs is 3. The predicted octanol–water partition coefficient (Wildman–Crippen LogP) is 3.73. The molecule has 5 nitrogen and oxygen atoms in total. The fourth-order valence-electron chi connectivity index (χ4n) is 4.39. The normalized spacial score (nSPS) is 18.6. The van der Waals surface area contributed by atoms with E-state index in [1.54, 1.807) is 4.90 Å². The van der Waals surface area contributed by atoms with Crippen LogP contribution in [-0.4, -0.2) is 52.0 Å². The molecule has 1 fully saturated rings. The number of aromatic nitrogens is 1. The van der Waals surface area contributed by atoms with Crippen LogP contribution >= 0.6 is 23.2 Å². The van der Waals surface area contributed by atoms with Gasteiger partial charge in [-0.15, -0.1) is 0 Å². The number of hydrogen-bond acceptors (Lipinski definition) is 3. The fraction of sp³-hybridized carbons (Fsp3) is 0.550. The highest BCUT2D eigenvalue weighted by Crippen LogP contribution is 2.39. The lowest BCUT2D eigenvalue weighted by atomic mass is 10.00. The Bertz CT molecular complexity index is 857. The molecule has 4 rings (SSSR count). The summed E-state index contributed by atoms with van der Waals surface area (Å²) in [5, 5.41) is 11.4. The summed E-state index contributed by atoms with van der Waals surface area (Å²) in [6.45, 7) is 3.69. The van der Waals surface area contributed by atoms with E-state index in [9.17, 15) is 9.90 Å². The molecule has 0 radical (unpaired) electrons. The maximum atomic E-state index is 12.0. The SMILES string of the molecule is O=C(CO)N1CCc2[nH]c3c(Cl)c(Cl)cc(CN4CCCCCC4)c3c2C1. The number of carbonyl (C=O) groups excluding carboxylic acids is 1. The van der Waals surface area contributed by atoms with Crippen molar-refractivity contribution in [3.63, 3.8) is 0 Å². The molecule has 2 aliphatic rings. The Morgan fingerprint density at radius 3 is 2.59 bits per heavy atom. The average Bonchev–Trinajstić information content (AvgIpc) is 2.87. The molecule has 1 saturated heterocycles. The van der Waals surface area contributed by atoms with E-state index >= 15 is 0 Å². The number of aromatic amines is 1. The second-order valence-corrected chi connectivity index (χ2v) is 8.36. The second kappa shape index (κ2) is 8.00. The molecule has 1 aromatic heterocycles. The van der Waals surface area contributed by atoms with E-state index in [0.717, 1.165) is 53.8 Å². The van der Waals surface area contributed by atoms with E-state index in [0.29, 0.717) is 23.1 Å². The Balaban J connectivity index is 1.75. The molecule has 0 atom stereocenters. The number of hydrogen-bond donors (Lipinski definition) is 2. The van der Waals surface area contributed by atoms with Crippen LogP contribution in [0, 0.1) is 0 Å². The number of H-pyrrole nitrogens is 1. The van der Waals surface area contributed by atoms with Crippen molar-refractivity contribution in [3.8, 4) is 0 Å². The van der Waals surface area contributed by atoms with Crippen LogP contribution in [0.2, 0.25) is 10.0 Å². The van der Waals surface area contributed by atoms with Gasteiger partial charge in [0.05, 0.1) is 15.6 Å². The number of likely N-dealkylation sites (tertiary alicyclic amines) is 1. The highest BCUT2D eigenvalue weighted by atomic mass is 35.5. The van der Waals surface area contributed by atoms with Gasteiger partial charge in [0.1, 0.15) is 6.61 Å². The van der Waals surface area contributed by atoms with E-state index < -0.39 is 6.61 Å². The minimum atomic E-state index is -0.453. The zero-order valence-corrected chi connectivity index (χ0v) is 16.9. The topological polar surface area (TPSA) is 59.6 Å². The minimum absolute atomic E-state index is 0.232. The Hall–Kier alpha value is -1.27. The van der Waals surface area contributed by atoms with E-state index in [2.05, 4.69) is 9.88 Å². The molecule has 27 heavy (non-hydrogen) atoms. The zero-order valence-electron chi connectivity index (χ0n) is 15.4. The number of aliphatic hydroxyl groups is 1. The van der Waals surface area contributed by atoms with Crippen molar-refractivity contribution in [3.05, 3.63) is 32.9 Å². The highest BCUT2D eigenvalue weighted by Gasteiger charge is 2.27. The van der Waals surface area contributed by atoms with Crippen LogP contribution in [0.4, 0.5) is 0 Å². The molecular weight excluding hydrogens is 385 g/mol. The lowest BCUT2D eigenvalue weighted by Gasteiger charge is -2.27. The van der Waals surface area contributed by atoms with Crippen molar-refractivity contribution in [1.29, 1.82) is 0 Å². The maximum absolute atomic E-state index is 12.0. The molecule has 2 aromatic rings. The Labute approximate surface area is 169 Å². The molecule has 0 bridgehead atoms. The number of rotatable bonds is 3. The number of nitrogens with zero attached hydrogens (tertiary/aromatic N) is 2. The summed E-state index contributed by atoms with van der Waals surface area (Å²) >= 11 is 13.0. The van der Waals surface area contributed by atoms with Crippen LogP contribution in [0.1, 0.15) is 42.5 Å². The monoisotopic (exact) mass is 409 g/mol. The van der Waals surface area contributed by atoms with E-state index in [-0.39, 0.29) is 5.91 Å². The molecule has 7 heteroatoms. The molecule has 2 N–H and O–H groups in total. The molecule has 0 unspecified atom stereocenters. The summed E-state index contributed by atoms with van der Waals surface area (Å²) in [6.07, 6.45) is 5.78. The quantitative estimate of drug-likeness (QED) is 0.811. The van der Waals surface area contributed by atoms with Gasteiger partial charge >= 0.3 is 0 Å². The molecule has 1 aromatic carbocycles. The molecule has 2 aliphatic heterocycles. The van der Waals surface area contributed by atoms with Crippen LogP contribution in [0.15, 0.2) is 6.07 Å². The number of halogens is 2. The van der Waals surface area contributed by atoms with Gasteiger partial charge in [-0.3, -0.25) is 9.69 Å². The van der Waals surface area contributed by atoms with Crippen LogP contribution < -0.4 is 0 Å². The van der Waals surface area contributed by atoms with Gasteiger partial charge in [0.2, 0.25) is 5.91 Å². The fourth-order valence-corrected chi connectivity index (χ4v) is 4.82. The van der Waals surface area contributed by atoms with Gasteiger partial charge in [-0.05, 0) is 37.6 Å². The number of carbonyl (C=O) groups is 1. The molecular formula is C20H25Cl2N3O2. The van der Waals surface area contributed by atoms with E-state index in [1.807, 2.05) is 6.07 Å². The molecule has 3 heterocycles.